The van der Waals surface area contributed by atoms with Crippen molar-refractivity contribution in [1.29, 1.82) is 0 Å². The smallest absolute Gasteiger partial charge is 0.148 e. The van der Waals surface area contributed by atoms with E-state index in [4.69, 9.17) is 5.73 Å². The zero-order chi connectivity index (χ0) is 12.4. The molecule has 2 rings (SSSR count). The third-order valence-corrected chi connectivity index (χ3v) is 2.88. The summed E-state index contributed by atoms with van der Waals surface area (Å²) in [6.45, 7) is 5.93. The monoisotopic (exact) mass is 230 g/mol. The van der Waals surface area contributed by atoms with Crippen molar-refractivity contribution in [3.63, 3.8) is 0 Å². The van der Waals surface area contributed by atoms with Crippen LogP contribution in [0, 0.1) is 13.8 Å². The highest BCUT2D eigenvalue weighted by Gasteiger charge is 2.13. The third-order valence-electron chi connectivity index (χ3n) is 2.88. The Morgan fingerprint density at radius 2 is 2.00 bits per heavy atom. The molecule has 0 saturated carbocycles. The molecule has 1 heterocycles. The molecule has 0 aliphatic rings. The summed E-state index contributed by atoms with van der Waals surface area (Å²) in [5, 5.41) is 4.41. The molecule has 0 radical (unpaired) electrons. The predicted molar refractivity (Wildman–Crippen MR) is 68.1 cm³/mol. The van der Waals surface area contributed by atoms with Crippen molar-refractivity contribution in [2.24, 2.45) is 5.73 Å². The van der Waals surface area contributed by atoms with Gasteiger partial charge in [-0.2, -0.15) is 5.10 Å². The van der Waals surface area contributed by atoms with Crippen LogP contribution in [-0.2, 0) is 0 Å². The fourth-order valence-electron chi connectivity index (χ4n) is 1.96. The average molecular weight is 230 g/mol. The number of benzene rings is 1. The first-order chi connectivity index (χ1) is 8.13. The van der Waals surface area contributed by atoms with Gasteiger partial charge in [0.1, 0.15) is 11.6 Å². The Balaban J connectivity index is 2.55. The first kappa shape index (κ1) is 11.8. The molecule has 0 bridgehead atoms. The number of aromatic nitrogens is 3. The number of nitrogens with zero attached hydrogens (tertiary/aromatic N) is 3. The Hall–Kier alpha value is -1.68. The molecular formula is C13H18N4. The number of hydrogen-bond acceptors (Lipinski definition) is 3. The maximum atomic E-state index is 6.13. The van der Waals surface area contributed by atoms with E-state index in [0.29, 0.717) is 0 Å². The van der Waals surface area contributed by atoms with Crippen LogP contribution in [0.25, 0.3) is 5.69 Å². The Morgan fingerprint density at radius 1 is 1.29 bits per heavy atom. The zero-order valence-corrected chi connectivity index (χ0v) is 10.5. The van der Waals surface area contributed by atoms with Crippen LogP contribution >= 0.6 is 0 Å². The van der Waals surface area contributed by atoms with Crippen molar-refractivity contribution in [2.45, 2.75) is 33.2 Å². The third kappa shape index (κ3) is 2.22. The van der Waals surface area contributed by atoms with Gasteiger partial charge in [-0.25, -0.2) is 9.67 Å². The van der Waals surface area contributed by atoms with Gasteiger partial charge in [-0.3, -0.25) is 0 Å². The highest BCUT2D eigenvalue weighted by atomic mass is 15.3. The number of para-hydroxylation sites is 1. The molecule has 1 aromatic carbocycles. The average Bonchev–Trinajstić information content (AvgIpc) is 2.67. The Labute approximate surface area is 101 Å². The van der Waals surface area contributed by atoms with E-state index in [1.165, 1.54) is 0 Å². The molecule has 0 unspecified atom stereocenters. The summed E-state index contributed by atoms with van der Waals surface area (Å²) in [5.41, 5.74) is 8.27. The van der Waals surface area contributed by atoms with Gasteiger partial charge in [-0.1, -0.05) is 25.1 Å². The van der Waals surface area contributed by atoms with E-state index in [2.05, 4.69) is 23.1 Å². The zero-order valence-electron chi connectivity index (χ0n) is 10.5. The molecule has 17 heavy (non-hydrogen) atoms. The van der Waals surface area contributed by atoms with Crippen molar-refractivity contribution in [3.8, 4) is 5.69 Å². The van der Waals surface area contributed by atoms with Crippen LogP contribution in [0.4, 0.5) is 0 Å². The minimum atomic E-state index is 0.0371. The molecule has 4 heteroatoms. The largest absolute Gasteiger partial charge is 0.324 e. The van der Waals surface area contributed by atoms with Gasteiger partial charge in [-0.15, -0.1) is 0 Å². The van der Waals surface area contributed by atoms with Crippen molar-refractivity contribution in [2.75, 3.05) is 0 Å². The lowest BCUT2D eigenvalue weighted by Gasteiger charge is -2.15. The second-order valence-corrected chi connectivity index (χ2v) is 4.19. The Bertz CT molecular complexity index is 516. The fraction of sp³-hybridized carbons (Fsp3) is 0.385. The summed E-state index contributed by atoms with van der Waals surface area (Å²) in [6.07, 6.45) is 0.906. The molecule has 90 valence electrons. The summed E-state index contributed by atoms with van der Waals surface area (Å²) in [5.74, 6) is 1.67. The van der Waals surface area contributed by atoms with Crippen LogP contribution in [0.2, 0.25) is 0 Å². The van der Waals surface area contributed by atoms with E-state index >= 15 is 0 Å². The lowest BCUT2D eigenvalue weighted by Crippen LogP contribution is -2.13. The standard InChI is InChI=1S/C13H18N4/c1-4-12(14)11-7-5-6-8-13(11)17-10(3)15-9(2)16-17/h5-8,12H,4,14H2,1-3H3/t12-/m1/s1. The lowest BCUT2D eigenvalue weighted by molar-refractivity contribution is 0.683. The maximum Gasteiger partial charge on any atom is 0.148 e. The van der Waals surface area contributed by atoms with Crippen LogP contribution in [0.15, 0.2) is 24.3 Å². The van der Waals surface area contributed by atoms with E-state index in [1.807, 2.05) is 36.7 Å². The van der Waals surface area contributed by atoms with E-state index in [0.717, 1.165) is 29.3 Å². The summed E-state index contributed by atoms with van der Waals surface area (Å²) >= 11 is 0. The van der Waals surface area contributed by atoms with Gasteiger partial charge in [0.2, 0.25) is 0 Å². The molecule has 2 N–H and O–H groups in total. The van der Waals surface area contributed by atoms with Gasteiger partial charge in [0.25, 0.3) is 0 Å². The van der Waals surface area contributed by atoms with E-state index in [-0.39, 0.29) is 6.04 Å². The molecule has 0 spiro atoms. The van der Waals surface area contributed by atoms with Crippen molar-refractivity contribution >= 4 is 0 Å². The summed E-state index contributed by atoms with van der Waals surface area (Å²) in [7, 11) is 0. The van der Waals surface area contributed by atoms with Crippen LogP contribution < -0.4 is 5.73 Å². The second-order valence-electron chi connectivity index (χ2n) is 4.19. The topological polar surface area (TPSA) is 56.7 Å². The van der Waals surface area contributed by atoms with E-state index < -0.39 is 0 Å². The van der Waals surface area contributed by atoms with Crippen LogP contribution in [0.3, 0.4) is 0 Å². The number of hydrogen-bond donors (Lipinski definition) is 1. The van der Waals surface area contributed by atoms with Gasteiger partial charge in [0, 0.05) is 6.04 Å². The second kappa shape index (κ2) is 4.67. The Kier molecular flexibility index (Phi) is 3.24. The number of aryl methyl sites for hydroxylation is 2. The molecule has 0 fully saturated rings. The van der Waals surface area contributed by atoms with Crippen molar-refractivity contribution < 1.29 is 0 Å². The van der Waals surface area contributed by atoms with E-state index in [9.17, 15) is 0 Å². The molecule has 2 aromatic rings. The quantitative estimate of drug-likeness (QED) is 0.880. The molecule has 1 aromatic heterocycles. The lowest BCUT2D eigenvalue weighted by atomic mass is 10.0. The van der Waals surface area contributed by atoms with Gasteiger partial charge >= 0.3 is 0 Å². The first-order valence-corrected chi connectivity index (χ1v) is 5.88. The molecule has 1 atom stereocenters. The normalized spacial score (nSPS) is 12.7. The number of nitrogens with two attached hydrogens (primary N) is 1. The maximum absolute atomic E-state index is 6.13. The van der Waals surface area contributed by atoms with Crippen LogP contribution in [0.5, 0.6) is 0 Å². The SMILES string of the molecule is CC[C@@H](N)c1ccccc1-n1nc(C)nc1C. The molecule has 0 aliphatic heterocycles. The molecule has 4 nitrogen and oxygen atoms in total. The first-order valence-electron chi connectivity index (χ1n) is 5.88. The molecule has 0 saturated heterocycles. The van der Waals surface area contributed by atoms with Crippen molar-refractivity contribution in [1.82, 2.24) is 14.8 Å². The summed E-state index contributed by atoms with van der Waals surface area (Å²) < 4.78 is 1.86. The summed E-state index contributed by atoms with van der Waals surface area (Å²) in [6, 6.07) is 8.13. The summed E-state index contributed by atoms with van der Waals surface area (Å²) in [4.78, 5) is 4.32. The molecule has 0 amide bonds. The Morgan fingerprint density at radius 3 is 2.59 bits per heavy atom. The minimum Gasteiger partial charge on any atom is -0.324 e. The van der Waals surface area contributed by atoms with E-state index in [1.54, 1.807) is 0 Å². The van der Waals surface area contributed by atoms with Crippen molar-refractivity contribution in [3.05, 3.63) is 41.5 Å². The highest BCUT2D eigenvalue weighted by molar-refractivity contribution is 5.42. The molecular weight excluding hydrogens is 212 g/mol. The van der Waals surface area contributed by atoms with Gasteiger partial charge in [0.05, 0.1) is 5.69 Å². The van der Waals surface area contributed by atoms with Gasteiger partial charge in [0.15, 0.2) is 0 Å². The number of rotatable bonds is 3. The molecule has 0 aliphatic carbocycles. The fourth-order valence-corrected chi connectivity index (χ4v) is 1.96. The van der Waals surface area contributed by atoms with Crippen LogP contribution in [0.1, 0.15) is 36.6 Å². The highest BCUT2D eigenvalue weighted by Crippen LogP contribution is 2.22. The van der Waals surface area contributed by atoms with Gasteiger partial charge < -0.3 is 5.73 Å². The predicted octanol–water partition coefficient (Wildman–Crippen LogP) is 2.29. The van der Waals surface area contributed by atoms with Crippen LogP contribution in [-0.4, -0.2) is 14.8 Å². The minimum absolute atomic E-state index is 0.0371. The van der Waals surface area contributed by atoms with Gasteiger partial charge in [-0.05, 0) is 31.9 Å².